The van der Waals surface area contributed by atoms with Crippen LogP contribution in [0.15, 0.2) is 24.3 Å². The van der Waals surface area contributed by atoms with Gasteiger partial charge in [0.05, 0.1) is 5.69 Å². The molecule has 1 nitrogen and oxygen atoms in total. The second-order valence-corrected chi connectivity index (χ2v) is 4.62. The van der Waals surface area contributed by atoms with E-state index in [0.29, 0.717) is 0 Å². The van der Waals surface area contributed by atoms with E-state index >= 15 is 0 Å². The topological polar surface area (TPSA) is 3.24 Å². The van der Waals surface area contributed by atoms with Crippen LogP contribution >= 0.6 is 12.6 Å². The van der Waals surface area contributed by atoms with Crippen LogP contribution in [0.4, 0.5) is 10.1 Å². The molecule has 1 aromatic rings. The fourth-order valence-corrected chi connectivity index (χ4v) is 2.15. The summed E-state index contributed by atoms with van der Waals surface area (Å²) in [7, 11) is 0. The van der Waals surface area contributed by atoms with Crippen molar-refractivity contribution in [2.24, 2.45) is 0 Å². The van der Waals surface area contributed by atoms with E-state index in [1.807, 2.05) is 12.1 Å². The summed E-state index contributed by atoms with van der Waals surface area (Å²) in [6.07, 6.45) is 4.72. The van der Waals surface area contributed by atoms with Gasteiger partial charge < -0.3 is 4.90 Å². The highest BCUT2D eigenvalue weighted by molar-refractivity contribution is 7.80. The van der Waals surface area contributed by atoms with E-state index in [0.717, 1.165) is 31.0 Å². The largest absolute Gasteiger partial charge is 0.369 e. The molecule has 0 N–H and O–H groups in total. The Morgan fingerprint density at radius 2 is 1.82 bits per heavy atom. The quantitative estimate of drug-likeness (QED) is 0.539. The standard InChI is InChI=1S/C14H22FNS/c1-2-16(11-7-3-4-8-12-17)14-10-6-5-9-13(14)15/h5-6,9-10,17H,2-4,7-8,11-12H2,1H3. The molecular formula is C14H22FNS. The van der Waals surface area contributed by atoms with Crippen molar-refractivity contribution in [3.05, 3.63) is 30.1 Å². The number of rotatable bonds is 8. The van der Waals surface area contributed by atoms with Crippen molar-refractivity contribution in [1.82, 2.24) is 0 Å². The van der Waals surface area contributed by atoms with Crippen LogP contribution in [0.5, 0.6) is 0 Å². The predicted octanol–water partition coefficient (Wildman–Crippen LogP) is 4.14. The van der Waals surface area contributed by atoms with Gasteiger partial charge in [0.15, 0.2) is 0 Å². The number of nitrogens with zero attached hydrogens (tertiary/aromatic N) is 1. The lowest BCUT2D eigenvalue weighted by molar-refractivity contribution is 0.606. The van der Waals surface area contributed by atoms with Gasteiger partial charge in [-0.15, -0.1) is 0 Å². The fraction of sp³-hybridized carbons (Fsp3) is 0.571. The number of halogens is 1. The molecule has 0 aliphatic carbocycles. The number of unbranched alkanes of at least 4 members (excludes halogenated alkanes) is 3. The molecule has 0 saturated carbocycles. The van der Waals surface area contributed by atoms with E-state index in [4.69, 9.17) is 0 Å². The Labute approximate surface area is 109 Å². The molecule has 0 spiro atoms. The Kier molecular flexibility index (Phi) is 7.10. The lowest BCUT2D eigenvalue weighted by atomic mass is 10.2. The number of para-hydroxylation sites is 1. The molecule has 0 aliphatic heterocycles. The van der Waals surface area contributed by atoms with Crippen LogP contribution in [-0.4, -0.2) is 18.8 Å². The van der Waals surface area contributed by atoms with Crippen LogP contribution in [-0.2, 0) is 0 Å². The minimum Gasteiger partial charge on any atom is -0.369 e. The number of thiol groups is 1. The number of hydrogen-bond acceptors (Lipinski definition) is 2. The molecular weight excluding hydrogens is 233 g/mol. The van der Waals surface area contributed by atoms with Crippen LogP contribution in [0, 0.1) is 5.82 Å². The maximum Gasteiger partial charge on any atom is 0.146 e. The zero-order valence-electron chi connectivity index (χ0n) is 10.5. The van der Waals surface area contributed by atoms with E-state index in [-0.39, 0.29) is 5.82 Å². The first-order valence-electron chi connectivity index (χ1n) is 6.40. The molecule has 0 fully saturated rings. The van der Waals surface area contributed by atoms with E-state index in [2.05, 4.69) is 24.5 Å². The Balaban J connectivity index is 2.41. The first-order chi connectivity index (χ1) is 8.29. The smallest absolute Gasteiger partial charge is 0.146 e. The van der Waals surface area contributed by atoms with Gasteiger partial charge in [-0.05, 0) is 37.7 Å². The Bertz CT molecular complexity index is 317. The molecule has 0 heterocycles. The van der Waals surface area contributed by atoms with Crippen molar-refractivity contribution in [2.75, 3.05) is 23.7 Å². The van der Waals surface area contributed by atoms with Gasteiger partial charge in [-0.25, -0.2) is 4.39 Å². The van der Waals surface area contributed by atoms with Crippen molar-refractivity contribution in [3.8, 4) is 0 Å². The highest BCUT2D eigenvalue weighted by Gasteiger charge is 2.08. The summed E-state index contributed by atoms with van der Waals surface area (Å²) >= 11 is 4.19. The van der Waals surface area contributed by atoms with Gasteiger partial charge in [0.1, 0.15) is 5.82 Å². The summed E-state index contributed by atoms with van der Waals surface area (Å²) in [6.45, 7) is 3.86. The summed E-state index contributed by atoms with van der Waals surface area (Å²) in [5.74, 6) is 0.842. The first kappa shape index (κ1) is 14.4. The minimum atomic E-state index is -0.121. The second-order valence-electron chi connectivity index (χ2n) is 4.17. The average molecular weight is 255 g/mol. The van der Waals surface area contributed by atoms with Gasteiger partial charge in [0.25, 0.3) is 0 Å². The highest BCUT2D eigenvalue weighted by Crippen LogP contribution is 2.19. The Morgan fingerprint density at radius 1 is 1.12 bits per heavy atom. The SMILES string of the molecule is CCN(CCCCCCS)c1ccccc1F. The number of anilines is 1. The Morgan fingerprint density at radius 3 is 2.47 bits per heavy atom. The fourth-order valence-electron chi connectivity index (χ4n) is 1.93. The number of benzene rings is 1. The van der Waals surface area contributed by atoms with Crippen LogP contribution in [0.3, 0.4) is 0 Å². The molecule has 3 heteroatoms. The highest BCUT2D eigenvalue weighted by atomic mass is 32.1. The lowest BCUT2D eigenvalue weighted by Gasteiger charge is -2.23. The molecule has 0 saturated heterocycles. The van der Waals surface area contributed by atoms with E-state index < -0.39 is 0 Å². The van der Waals surface area contributed by atoms with Crippen LogP contribution in [0.25, 0.3) is 0 Å². The van der Waals surface area contributed by atoms with Crippen LogP contribution in [0.1, 0.15) is 32.6 Å². The van der Waals surface area contributed by atoms with Crippen molar-refractivity contribution in [2.45, 2.75) is 32.6 Å². The van der Waals surface area contributed by atoms with Crippen molar-refractivity contribution < 1.29 is 4.39 Å². The number of hydrogen-bond donors (Lipinski definition) is 1. The summed E-state index contributed by atoms with van der Waals surface area (Å²) in [4.78, 5) is 2.11. The second kappa shape index (κ2) is 8.40. The summed E-state index contributed by atoms with van der Waals surface area (Å²) < 4.78 is 13.6. The van der Waals surface area contributed by atoms with Gasteiger partial charge in [-0.1, -0.05) is 25.0 Å². The molecule has 0 bridgehead atoms. The third-order valence-electron chi connectivity index (χ3n) is 2.91. The molecule has 17 heavy (non-hydrogen) atoms. The molecule has 0 amide bonds. The molecule has 0 radical (unpaired) electrons. The maximum atomic E-state index is 13.6. The first-order valence-corrected chi connectivity index (χ1v) is 7.03. The molecule has 1 rings (SSSR count). The lowest BCUT2D eigenvalue weighted by Crippen LogP contribution is -2.24. The molecule has 0 unspecified atom stereocenters. The summed E-state index contributed by atoms with van der Waals surface area (Å²) in [6, 6.07) is 7.01. The average Bonchev–Trinajstić information content (AvgIpc) is 2.35. The van der Waals surface area contributed by atoms with Gasteiger partial charge in [-0.3, -0.25) is 0 Å². The summed E-state index contributed by atoms with van der Waals surface area (Å²) in [5.41, 5.74) is 0.726. The van der Waals surface area contributed by atoms with Crippen molar-refractivity contribution >= 4 is 18.3 Å². The van der Waals surface area contributed by atoms with Crippen LogP contribution < -0.4 is 4.90 Å². The minimum absolute atomic E-state index is 0.121. The maximum absolute atomic E-state index is 13.6. The van der Waals surface area contributed by atoms with E-state index in [1.165, 1.54) is 25.3 Å². The molecule has 96 valence electrons. The molecule has 0 aliphatic rings. The predicted molar refractivity (Wildman–Crippen MR) is 76.6 cm³/mol. The third kappa shape index (κ3) is 4.99. The van der Waals surface area contributed by atoms with Gasteiger partial charge in [0, 0.05) is 13.1 Å². The zero-order valence-corrected chi connectivity index (χ0v) is 11.4. The third-order valence-corrected chi connectivity index (χ3v) is 3.23. The van der Waals surface area contributed by atoms with Gasteiger partial charge in [-0.2, -0.15) is 12.6 Å². The monoisotopic (exact) mass is 255 g/mol. The van der Waals surface area contributed by atoms with E-state index in [1.54, 1.807) is 6.07 Å². The Hall–Kier alpha value is -0.700. The van der Waals surface area contributed by atoms with E-state index in [9.17, 15) is 4.39 Å². The normalized spacial score (nSPS) is 10.5. The summed E-state index contributed by atoms with van der Waals surface area (Å²) in [5, 5.41) is 0. The van der Waals surface area contributed by atoms with Gasteiger partial charge in [0.2, 0.25) is 0 Å². The van der Waals surface area contributed by atoms with Crippen molar-refractivity contribution in [1.29, 1.82) is 0 Å². The molecule has 0 atom stereocenters. The molecule has 0 aromatic heterocycles. The zero-order chi connectivity index (χ0) is 12.5. The van der Waals surface area contributed by atoms with Crippen LogP contribution in [0.2, 0.25) is 0 Å². The molecule has 1 aromatic carbocycles. The van der Waals surface area contributed by atoms with Gasteiger partial charge >= 0.3 is 0 Å². The van der Waals surface area contributed by atoms with Crippen molar-refractivity contribution in [3.63, 3.8) is 0 Å².